The lowest BCUT2D eigenvalue weighted by Gasteiger charge is -1.99. The number of rotatable bonds is 2. The van der Waals surface area contributed by atoms with Crippen molar-refractivity contribution in [3.63, 3.8) is 0 Å². The van der Waals surface area contributed by atoms with Gasteiger partial charge in [0, 0.05) is 12.5 Å². The predicted molar refractivity (Wildman–Crippen MR) is 67.0 cm³/mol. The van der Waals surface area contributed by atoms with Crippen LogP contribution in [0.1, 0.15) is 11.4 Å². The van der Waals surface area contributed by atoms with E-state index >= 15 is 0 Å². The number of halogens is 1. The molecule has 2 aromatic carbocycles. The summed E-state index contributed by atoms with van der Waals surface area (Å²) in [7, 11) is 0. The number of imidazole rings is 1. The summed E-state index contributed by atoms with van der Waals surface area (Å²) < 4.78 is 13.5. The molecule has 1 heterocycles. The molecule has 3 nitrogen and oxygen atoms in total. The van der Waals surface area contributed by atoms with Crippen LogP contribution in [0.25, 0.3) is 11.0 Å². The molecule has 0 spiro atoms. The number of nitrogens with one attached hydrogen (secondary N) is 1. The van der Waals surface area contributed by atoms with Crippen LogP contribution < -0.4 is 0 Å². The molecule has 0 aliphatic carbocycles. The molecule has 0 aliphatic heterocycles. The van der Waals surface area contributed by atoms with Crippen molar-refractivity contribution in [3.8, 4) is 5.75 Å². The van der Waals surface area contributed by atoms with E-state index in [9.17, 15) is 9.50 Å². The second kappa shape index (κ2) is 4.14. The number of phenolic OH excluding ortho intramolecular Hbond substituents is 1. The summed E-state index contributed by atoms with van der Waals surface area (Å²) >= 11 is 0. The van der Waals surface area contributed by atoms with E-state index in [0.29, 0.717) is 17.8 Å². The van der Waals surface area contributed by atoms with Crippen molar-refractivity contribution in [1.82, 2.24) is 9.97 Å². The van der Waals surface area contributed by atoms with Gasteiger partial charge in [0.25, 0.3) is 0 Å². The second-order valence-corrected chi connectivity index (χ2v) is 4.15. The fourth-order valence-electron chi connectivity index (χ4n) is 1.96. The molecule has 0 aliphatic rings. The summed E-state index contributed by atoms with van der Waals surface area (Å²) in [4.78, 5) is 7.43. The highest BCUT2D eigenvalue weighted by Gasteiger charge is 2.07. The standard InChI is InChI=1S/C14H11FN2O/c15-11-4-2-1-3-9(11)7-14-16-12-6-5-10(18)8-13(12)17-14/h1-6,8,18H,7H2,(H,16,17). The number of aromatic nitrogens is 2. The molecule has 0 amide bonds. The Bertz CT molecular complexity index is 706. The fourth-order valence-corrected chi connectivity index (χ4v) is 1.96. The molecule has 3 aromatic rings. The van der Waals surface area contributed by atoms with Gasteiger partial charge in [-0.15, -0.1) is 0 Å². The van der Waals surface area contributed by atoms with Crippen LogP contribution in [0.5, 0.6) is 5.75 Å². The Morgan fingerprint density at radius 1 is 1.17 bits per heavy atom. The molecule has 4 heteroatoms. The fraction of sp³-hybridized carbons (Fsp3) is 0.0714. The first-order valence-electron chi connectivity index (χ1n) is 5.63. The third-order valence-electron chi connectivity index (χ3n) is 2.83. The van der Waals surface area contributed by atoms with E-state index in [1.165, 1.54) is 6.07 Å². The predicted octanol–water partition coefficient (Wildman–Crippen LogP) is 3.00. The minimum atomic E-state index is -0.235. The molecule has 0 unspecified atom stereocenters. The van der Waals surface area contributed by atoms with E-state index in [-0.39, 0.29) is 11.6 Å². The van der Waals surface area contributed by atoms with Crippen molar-refractivity contribution in [2.75, 3.05) is 0 Å². The molecule has 0 saturated heterocycles. The van der Waals surface area contributed by atoms with Crippen LogP contribution in [0, 0.1) is 5.82 Å². The monoisotopic (exact) mass is 242 g/mol. The molecule has 3 rings (SSSR count). The van der Waals surface area contributed by atoms with Gasteiger partial charge in [0.15, 0.2) is 0 Å². The Morgan fingerprint density at radius 2 is 2.00 bits per heavy atom. The van der Waals surface area contributed by atoms with Gasteiger partial charge in [0.2, 0.25) is 0 Å². The number of nitrogens with zero attached hydrogens (tertiary/aromatic N) is 1. The van der Waals surface area contributed by atoms with Crippen molar-refractivity contribution < 1.29 is 9.50 Å². The maximum Gasteiger partial charge on any atom is 0.126 e. The first kappa shape index (κ1) is 10.8. The summed E-state index contributed by atoms with van der Waals surface area (Å²) in [6.45, 7) is 0. The topological polar surface area (TPSA) is 48.9 Å². The van der Waals surface area contributed by atoms with Gasteiger partial charge in [0.1, 0.15) is 17.4 Å². The Morgan fingerprint density at radius 3 is 2.83 bits per heavy atom. The summed E-state index contributed by atoms with van der Waals surface area (Å²) in [5.41, 5.74) is 2.11. The largest absolute Gasteiger partial charge is 0.508 e. The maximum absolute atomic E-state index is 13.5. The summed E-state index contributed by atoms with van der Waals surface area (Å²) in [6.07, 6.45) is 0.405. The van der Waals surface area contributed by atoms with Gasteiger partial charge in [-0.2, -0.15) is 0 Å². The average Bonchev–Trinajstić information content (AvgIpc) is 2.73. The highest BCUT2D eigenvalue weighted by Crippen LogP contribution is 2.19. The molecule has 2 N–H and O–H groups in total. The van der Waals surface area contributed by atoms with Gasteiger partial charge in [-0.1, -0.05) is 18.2 Å². The zero-order valence-electron chi connectivity index (χ0n) is 9.52. The van der Waals surface area contributed by atoms with E-state index in [4.69, 9.17) is 0 Å². The number of aromatic hydroxyl groups is 1. The first-order valence-corrected chi connectivity index (χ1v) is 5.63. The van der Waals surface area contributed by atoms with Crippen LogP contribution >= 0.6 is 0 Å². The highest BCUT2D eigenvalue weighted by atomic mass is 19.1. The van der Waals surface area contributed by atoms with Gasteiger partial charge in [-0.3, -0.25) is 0 Å². The Balaban J connectivity index is 1.98. The summed E-state index contributed by atoms with van der Waals surface area (Å²) in [6, 6.07) is 11.5. The number of benzene rings is 2. The minimum absolute atomic E-state index is 0.184. The van der Waals surface area contributed by atoms with Gasteiger partial charge < -0.3 is 10.1 Å². The van der Waals surface area contributed by atoms with Crippen molar-refractivity contribution in [3.05, 3.63) is 59.7 Å². The summed E-state index contributed by atoms with van der Waals surface area (Å²) in [5.74, 6) is 0.630. The maximum atomic E-state index is 13.5. The third kappa shape index (κ3) is 1.93. The van der Waals surface area contributed by atoms with Gasteiger partial charge in [-0.25, -0.2) is 9.37 Å². The van der Waals surface area contributed by atoms with Crippen LogP contribution in [0.3, 0.4) is 0 Å². The Labute approximate surface area is 103 Å². The van der Waals surface area contributed by atoms with Gasteiger partial charge >= 0.3 is 0 Å². The number of hydrogen-bond acceptors (Lipinski definition) is 2. The van der Waals surface area contributed by atoms with E-state index in [1.54, 1.807) is 36.4 Å². The zero-order valence-corrected chi connectivity index (χ0v) is 9.52. The number of H-pyrrole nitrogens is 1. The number of aromatic amines is 1. The van der Waals surface area contributed by atoms with Crippen LogP contribution in [0.4, 0.5) is 4.39 Å². The first-order chi connectivity index (χ1) is 8.72. The molecular weight excluding hydrogens is 231 g/mol. The molecule has 90 valence electrons. The quantitative estimate of drug-likeness (QED) is 0.725. The lowest BCUT2D eigenvalue weighted by molar-refractivity contribution is 0.476. The van der Waals surface area contributed by atoms with Crippen LogP contribution in [0.2, 0.25) is 0 Å². The molecule has 1 aromatic heterocycles. The smallest absolute Gasteiger partial charge is 0.126 e. The molecular formula is C14H11FN2O. The zero-order chi connectivity index (χ0) is 12.5. The van der Waals surface area contributed by atoms with Crippen molar-refractivity contribution in [2.24, 2.45) is 0 Å². The molecule has 0 radical (unpaired) electrons. The van der Waals surface area contributed by atoms with Gasteiger partial charge in [-0.05, 0) is 23.8 Å². The highest BCUT2D eigenvalue weighted by molar-refractivity contribution is 5.76. The van der Waals surface area contributed by atoms with E-state index < -0.39 is 0 Å². The Hall–Kier alpha value is -2.36. The van der Waals surface area contributed by atoms with Gasteiger partial charge in [0.05, 0.1) is 11.0 Å². The minimum Gasteiger partial charge on any atom is -0.508 e. The molecule has 0 bridgehead atoms. The van der Waals surface area contributed by atoms with Crippen molar-refractivity contribution in [2.45, 2.75) is 6.42 Å². The lowest BCUT2D eigenvalue weighted by atomic mass is 10.1. The third-order valence-corrected chi connectivity index (χ3v) is 2.83. The molecule has 0 saturated carbocycles. The number of fused-ring (bicyclic) bond motifs is 1. The van der Waals surface area contributed by atoms with Crippen LogP contribution in [0.15, 0.2) is 42.5 Å². The Kier molecular flexibility index (Phi) is 2.48. The van der Waals surface area contributed by atoms with Crippen LogP contribution in [-0.4, -0.2) is 15.1 Å². The van der Waals surface area contributed by atoms with E-state index in [1.807, 2.05) is 0 Å². The number of phenols is 1. The van der Waals surface area contributed by atoms with Crippen LogP contribution in [-0.2, 0) is 6.42 Å². The summed E-state index contributed by atoms with van der Waals surface area (Å²) in [5, 5.41) is 9.37. The average molecular weight is 242 g/mol. The second-order valence-electron chi connectivity index (χ2n) is 4.15. The van der Waals surface area contributed by atoms with E-state index in [2.05, 4.69) is 9.97 Å². The normalized spacial score (nSPS) is 10.9. The molecule has 0 fully saturated rings. The van der Waals surface area contributed by atoms with Crippen molar-refractivity contribution >= 4 is 11.0 Å². The number of hydrogen-bond donors (Lipinski definition) is 2. The van der Waals surface area contributed by atoms with Crippen molar-refractivity contribution in [1.29, 1.82) is 0 Å². The molecule has 0 atom stereocenters. The molecule has 18 heavy (non-hydrogen) atoms. The van der Waals surface area contributed by atoms with E-state index in [0.717, 1.165) is 11.0 Å². The SMILES string of the molecule is Oc1ccc2nc(Cc3ccccc3F)[nH]c2c1. The lowest BCUT2D eigenvalue weighted by Crippen LogP contribution is -1.93.